The van der Waals surface area contributed by atoms with Crippen molar-refractivity contribution >= 4 is 23.3 Å². The molecule has 0 fully saturated rings. The number of aliphatic hydroxyl groups excluding tert-OH is 1. The van der Waals surface area contributed by atoms with Gasteiger partial charge in [-0.1, -0.05) is 23.7 Å². The van der Waals surface area contributed by atoms with Crippen LogP contribution < -0.4 is 16.2 Å². The van der Waals surface area contributed by atoms with Crippen LogP contribution in [0.3, 0.4) is 0 Å². The van der Waals surface area contributed by atoms with Crippen molar-refractivity contribution in [3.05, 3.63) is 64.0 Å². The summed E-state index contributed by atoms with van der Waals surface area (Å²) in [6.07, 6.45) is 0.711. The molecule has 1 aromatic heterocycles. The van der Waals surface area contributed by atoms with E-state index in [9.17, 15) is 14.7 Å². The molecule has 1 heterocycles. The van der Waals surface area contributed by atoms with Crippen LogP contribution in [0.25, 0.3) is 0 Å². The number of nitrogens with one attached hydrogen (secondary N) is 2. The summed E-state index contributed by atoms with van der Waals surface area (Å²) in [4.78, 5) is 23.2. The van der Waals surface area contributed by atoms with Crippen LogP contribution in [-0.4, -0.2) is 28.4 Å². The summed E-state index contributed by atoms with van der Waals surface area (Å²) in [5.41, 5.74) is 0.351. The number of nitrogens with zero attached hydrogens (tertiary/aromatic N) is 1. The number of carbonyl (C=O) groups is 1. The largest absolute Gasteiger partial charge is 0.389 e. The van der Waals surface area contributed by atoms with Crippen molar-refractivity contribution in [2.75, 3.05) is 11.9 Å². The maximum atomic E-state index is 11.7. The minimum absolute atomic E-state index is 0.0216. The molecule has 0 radical (unpaired) electrons. The van der Waals surface area contributed by atoms with E-state index in [0.717, 1.165) is 0 Å². The van der Waals surface area contributed by atoms with Crippen LogP contribution in [-0.2, 0) is 6.54 Å². The molecule has 2 aromatic rings. The van der Waals surface area contributed by atoms with Crippen molar-refractivity contribution < 1.29 is 9.90 Å². The Balaban J connectivity index is 1.81. The van der Waals surface area contributed by atoms with Gasteiger partial charge in [0.1, 0.15) is 0 Å². The Hall–Kier alpha value is -2.31. The second-order valence-corrected chi connectivity index (χ2v) is 5.13. The lowest BCUT2D eigenvalue weighted by molar-refractivity contribution is 0.151. The first-order valence-electron chi connectivity index (χ1n) is 6.68. The van der Waals surface area contributed by atoms with Crippen molar-refractivity contribution in [1.82, 2.24) is 9.88 Å². The first kappa shape index (κ1) is 16.1. The quantitative estimate of drug-likeness (QED) is 0.783. The van der Waals surface area contributed by atoms with Crippen LogP contribution >= 0.6 is 11.6 Å². The number of hydrogen-bond donors (Lipinski definition) is 3. The van der Waals surface area contributed by atoms with Gasteiger partial charge in [-0.15, -0.1) is 0 Å². The number of carbonyl (C=O) groups excluding carboxylic acids is 1. The van der Waals surface area contributed by atoms with Gasteiger partial charge in [0.25, 0.3) is 5.56 Å². The number of pyridine rings is 1. The van der Waals surface area contributed by atoms with E-state index in [1.807, 2.05) is 0 Å². The average molecular weight is 322 g/mol. The third kappa shape index (κ3) is 4.91. The molecule has 116 valence electrons. The molecule has 1 unspecified atom stereocenters. The molecule has 7 heteroatoms. The van der Waals surface area contributed by atoms with Crippen molar-refractivity contribution in [2.45, 2.75) is 12.6 Å². The Morgan fingerprint density at radius 1 is 1.27 bits per heavy atom. The number of anilines is 1. The maximum Gasteiger partial charge on any atom is 0.319 e. The lowest BCUT2D eigenvalue weighted by atomic mass is 10.3. The highest BCUT2D eigenvalue weighted by Gasteiger charge is 2.08. The van der Waals surface area contributed by atoms with Crippen molar-refractivity contribution in [3.8, 4) is 0 Å². The lowest BCUT2D eigenvalue weighted by Gasteiger charge is -2.14. The van der Waals surface area contributed by atoms with Gasteiger partial charge in [0.15, 0.2) is 0 Å². The molecular formula is C15H16ClN3O3. The molecule has 0 bridgehead atoms. The molecule has 6 nitrogen and oxygen atoms in total. The fourth-order valence-corrected chi connectivity index (χ4v) is 2.05. The number of urea groups is 1. The van der Waals surface area contributed by atoms with Crippen LogP contribution in [0.5, 0.6) is 0 Å². The first-order valence-corrected chi connectivity index (χ1v) is 7.06. The van der Waals surface area contributed by atoms with Gasteiger partial charge in [0.2, 0.25) is 0 Å². The Morgan fingerprint density at radius 3 is 2.82 bits per heavy atom. The highest BCUT2D eigenvalue weighted by molar-refractivity contribution is 6.30. The van der Waals surface area contributed by atoms with E-state index in [0.29, 0.717) is 10.7 Å². The highest BCUT2D eigenvalue weighted by atomic mass is 35.5. The summed E-state index contributed by atoms with van der Waals surface area (Å²) in [7, 11) is 0. The predicted octanol–water partition coefficient (Wildman–Crippen LogP) is 1.68. The fourth-order valence-electron chi connectivity index (χ4n) is 1.86. The second-order valence-electron chi connectivity index (χ2n) is 4.69. The van der Waals surface area contributed by atoms with Crippen LogP contribution in [0.4, 0.5) is 10.5 Å². The molecule has 2 rings (SSSR count). The monoisotopic (exact) mass is 321 g/mol. The third-order valence-electron chi connectivity index (χ3n) is 2.89. The molecule has 1 atom stereocenters. The number of aliphatic hydroxyl groups is 1. The van der Waals surface area contributed by atoms with Crippen LogP contribution in [0, 0.1) is 0 Å². The first-order chi connectivity index (χ1) is 10.5. The van der Waals surface area contributed by atoms with Gasteiger partial charge in [-0.2, -0.15) is 0 Å². The Kier molecular flexibility index (Phi) is 5.57. The van der Waals surface area contributed by atoms with Gasteiger partial charge in [-0.05, 0) is 24.3 Å². The molecule has 3 N–H and O–H groups in total. The van der Waals surface area contributed by atoms with Crippen molar-refractivity contribution in [2.24, 2.45) is 0 Å². The third-order valence-corrected chi connectivity index (χ3v) is 3.12. The molecule has 0 saturated carbocycles. The Morgan fingerprint density at radius 2 is 2.09 bits per heavy atom. The number of benzene rings is 1. The molecule has 22 heavy (non-hydrogen) atoms. The van der Waals surface area contributed by atoms with Crippen LogP contribution in [0.1, 0.15) is 0 Å². The normalized spacial score (nSPS) is 11.7. The smallest absolute Gasteiger partial charge is 0.319 e. The van der Waals surface area contributed by atoms with Gasteiger partial charge >= 0.3 is 6.03 Å². The van der Waals surface area contributed by atoms with Gasteiger partial charge in [0.05, 0.1) is 12.6 Å². The maximum absolute atomic E-state index is 11.7. The molecule has 0 saturated heterocycles. The topological polar surface area (TPSA) is 83.4 Å². The summed E-state index contributed by atoms with van der Waals surface area (Å²) in [6, 6.07) is 11.0. The predicted molar refractivity (Wildman–Crippen MR) is 85.2 cm³/mol. The van der Waals surface area contributed by atoms with E-state index >= 15 is 0 Å². The molecular weight excluding hydrogens is 306 g/mol. The number of aromatic nitrogens is 1. The lowest BCUT2D eigenvalue weighted by Crippen LogP contribution is -2.38. The van der Waals surface area contributed by atoms with Gasteiger partial charge in [-0.25, -0.2) is 4.79 Å². The summed E-state index contributed by atoms with van der Waals surface area (Å²) < 4.78 is 1.38. The molecule has 0 aliphatic carbocycles. The number of amides is 2. The number of halogens is 1. The van der Waals surface area contributed by atoms with Gasteiger partial charge in [-0.3, -0.25) is 4.79 Å². The zero-order chi connectivity index (χ0) is 15.9. The molecule has 2 amide bonds. The molecule has 0 aliphatic heterocycles. The minimum atomic E-state index is -0.870. The zero-order valence-electron chi connectivity index (χ0n) is 11.7. The summed E-state index contributed by atoms with van der Waals surface area (Å²) in [5, 5.41) is 15.5. The van der Waals surface area contributed by atoms with Crippen molar-refractivity contribution in [3.63, 3.8) is 0 Å². The van der Waals surface area contributed by atoms with Crippen LogP contribution in [0.2, 0.25) is 5.02 Å². The molecule has 0 aliphatic rings. The summed E-state index contributed by atoms with van der Waals surface area (Å²) in [5.74, 6) is 0. The SMILES string of the molecule is O=C(NCC(O)Cn1ccccc1=O)Nc1cccc(Cl)c1. The number of rotatable bonds is 5. The Bertz CT molecular complexity index is 702. The van der Waals surface area contributed by atoms with Crippen molar-refractivity contribution in [1.29, 1.82) is 0 Å². The van der Waals surface area contributed by atoms with E-state index in [2.05, 4.69) is 10.6 Å². The van der Waals surface area contributed by atoms with E-state index in [1.165, 1.54) is 10.6 Å². The number of hydrogen-bond acceptors (Lipinski definition) is 3. The van der Waals surface area contributed by atoms with Gasteiger partial charge < -0.3 is 20.3 Å². The van der Waals surface area contributed by atoms with Crippen LogP contribution in [0.15, 0.2) is 53.5 Å². The van der Waals surface area contributed by atoms with Gasteiger partial charge in [0, 0.05) is 29.5 Å². The molecule has 0 spiro atoms. The van der Waals surface area contributed by atoms with E-state index in [4.69, 9.17) is 11.6 Å². The minimum Gasteiger partial charge on any atom is -0.389 e. The second kappa shape index (κ2) is 7.63. The summed E-state index contributed by atoms with van der Waals surface area (Å²) in [6.45, 7) is 0.130. The average Bonchev–Trinajstić information content (AvgIpc) is 2.48. The zero-order valence-corrected chi connectivity index (χ0v) is 12.5. The fraction of sp³-hybridized carbons (Fsp3) is 0.200. The highest BCUT2D eigenvalue weighted by Crippen LogP contribution is 2.14. The van der Waals surface area contributed by atoms with E-state index < -0.39 is 12.1 Å². The standard InChI is InChI=1S/C15H16ClN3O3/c16-11-4-3-5-12(8-11)18-15(22)17-9-13(20)10-19-7-2-1-6-14(19)21/h1-8,13,20H,9-10H2,(H2,17,18,22). The van der Waals surface area contributed by atoms with E-state index in [-0.39, 0.29) is 18.6 Å². The Labute approximate surface area is 132 Å². The van der Waals surface area contributed by atoms with E-state index in [1.54, 1.807) is 42.6 Å². The summed E-state index contributed by atoms with van der Waals surface area (Å²) >= 11 is 5.82. The molecule has 1 aromatic carbocycles.